The maximum absolute atomic E-state index is 14.2. The number of carbonyl (C=O) groups excluding carboxylic acids is 1. The van der Waals surface area contributed by atoms with Crippen LogP contribution < -0.4 is 0 Å². The zero-order valence-electron chi connectivity index (χ0n) is 19.2. The molecule has 2 N–H and O–H groups in total. The van der Waals surface area contributed by atoms with Gasteiger partial charge in [-0.2, -0.15) is 5.10 Å². The summed E-state index contributed by atoms with van der Waals surface area (Å²) in [6, 6.07) is 15.8. The fourth-order valence-corrected chi connectivity index (χ4v) is 5.11. The molecule has 4 heterocycles. The summed E-state index contributed by atoms with van der Waals surface area (Å²) < 4.78 is 14.1. The summed E-state index contributed by atoms with van der Waals surface area (Å²) in [6.45, 7) is 4.08. The molecule has 0 aliphatic carbocycles. The van der Waals surface area contributed by atoms with E-state index in [9.17, 15) is 14.3 Å². The molecule has 1 atom stereocenters. The van der Waals surface area contributed by atoms with E-state index in [0.29, 0.717) is 34.4 Å². The lowest BCUT2D eigenvalue weighted by Gasteiger charge is -2.42. The van der Waals surface area contributed by atoms with E-state index < -0.39 is 11.6 Å². The third-order valence-corrected chi connectivity index (χ3v) is 6.91. The Morgan fingerprint density at radius 3 is 2.80 bits per heavy atom. The third kappa shape index (κ3) is 3.62. The number of H-pyrrole nitrogens is 1. The minimum absolute atomic E-state index is 0.107. The number of piperazine rings is 1. The fraction of sp³-hybridized carbons (Fsp3) is 0.222. The number of nitrogens with one attached hydrogen (secondary N) is 1. The number of rotatable bonds is 3. The number of pyridine rings is 1. The number of aryl methyl sites for hydroxylation is 1. The predicted octanol–water partition coefficient (Wildman–Crippen LogP) is 4.56. The number of aromatic nitrogens is 3. The predicted molar refractivity (Wildman–Crippen MR) is 130 cm³/mol. The van der Waals surface area contributed by atoms with Crippen LogP contribution >= 0.6 is 0 Å². The number of fused-ring (bicyclic) bond motifs is 2. The maximum atomic E-state index is 14.2. The molecular formula is C27H24FN5O2. The zero-order chi connectivity index (χ0) is 24.1. The molecule has 0 spiro atoms. The largest absolute Gasteiger partial charge is 0.505 e. The van der Waals surface area contributed by atoms with Crippen molar-refractivity contribution in [2.45, 2.75) is 19.4 Å². The van der Waals surface area contributed by atoms with Gasteiger partial charge in [0.1, 0.15) is 0 Å². The number of carbonyl (C=O) groups is 1. The zero-order valence-corrected chi connectivity index (χ0v) is 19.2. The van der Waals surface area contributed by atoms with Crippen molar-refractivity contribution in [3.63, 3.8) is 0 Å². The molecule has 7 nitrogen and oxygen atoms in total. The van der Waals surface area contributed by atoms with E-state index in [4.69, 9.17) is 0 Å². The molecule has 1 saturated heterocycles. The highest BCUT2D eigenvalue weighted by atomic mass is 19.1. The third-order valence-electron chi connectivity index (χ3n) is 6.91. The Balaban J connectivity index is 1.48. The highest BCUT2D eigenvalue weighted by Crippen LogP contribution is 2.35. The van der Waals surface area contributed by atoms with Crippen LogP contribution in [0, 0.1) is 12.7 Å². The fourth-order valence-electron chi connectivity index (χ4n) is 5.11. The summed E-state index contributed by atoms with van der Waals surface area (Å²) in [5, 5.41) is 17.5. The van der Waals surface area contributed by atoms with Gasteiger partial charge in [-0.25, -0.2) is 9.37 Å². The molecule has 1 amide bonds. The molecule has 4 aromatic rings. The second-order valence-electron chi connectivity index (χ2n) is 9.06. The standard InChI is InChI=1S/C27H24FN5O2/c1-16-25-20(13-22(29-26(25)31-30-16)18-9-10-24(34)21(28)12-18)27(35)33-14-19-8-5-11-32(19)15-23(33)17-6-3-2-4-7-17/h2-4,6-10,12-13,23,34H,5,11,14-15H2,1H3,(H,29,30,31). The molecule has 1 unspecified atom stereocenters. The summed E-state index contributed by atoms with van der Waals surface area (Å²) >= 11 is 0. The Morgan fingerprint density at radius 1 is 1.17 bits per heavy atom. The number of aromatic hydroxyl groups is 1. The molecule has 0 radical (unpaired) electrons. The SMILES string of the molecule is Cc1[nH]nc2nc(-c3ccc(O)c(F)c3)cc(C(=O)N3CC4=CCCN4CC3c3ccccc3)c12. The lowest BCUT2D eigenvalue weighted by molar-refractivity contribution is 0.0575. The van der Waals surface area contributed by atoms with E-state index in [2.05, 4.69) is 38.3 Å². The van der Waals surface area contributed by atoms with Crippen molar-refractivity contribution in [1.82, 2.24) is 25.0 Å². The number of aromatic amines is 1. The van der Waals surface area contributed by atoms with Crippen LogP contribution in [0.2, 0.25) is 0 Å². The molecule has 0 bridgehead atoms. The van der Waals surface area contributed by atoms with Gasteiger partial charge in [0.2, 0.25) is 0 Å². The van der Waals surface area contributed by atoms with Gasteiger partial charge in [-0.1, -0.05) is 36.4 Å². The molecule has 6 rings (SSSR count). The van der Waals surface area contributed by atoms with Gasteiger partial charge >= 0.3 is 0 Å². The summed E-state index contributed by atoms with van der Waals surface area (Å²) in [5.41, 5.74) is 4.74. The summed E-state index contributed by atoms with van der Waals surface area (Å²) in [4.78, 5) is 23.1. The van der Waals surface area contributed by atoms with Gasteiger partial charge in [-0.3, -0.25) is 9.89 Å². The number of hydrogen-bond acceptors (Lipinski definition) is 5. The van der Waals surface area contributed by atoms with Crippen molar-refractivity contribution in [1.29, 1.82) is 0 Å². The van der Waals surface area contributed by atoms with E-state index in [0.717, 1.165) is 30.8 Å². The molecule has 0 saturated carbocycles. The molecule has 2 aliphatic heterocycles. The lowest BCUT2D eigenvalue weighted by Crippen LogP contribution is -2.48. The van der Waals surface area contributed by atoms with Crippen LogP contribution in [0.15, 0.2) is 66.4 Å². The van der Waals surface area contributed by atoms with E-state index in [1.807, 2.05) is 30.0 Å². The van der Waals surface area contributed by atoms with Gasteiger partial charge in [0.05, 0.1) is 29.2 Å². The first-order valence-corrected chi connectivity index (χ1v) is 11.6. The molecule has 176 valence electrons. The highest BCUT2D eigenvalue weighted by molar-refractivity contribution is 6.07. The van der Waals surface area contributed by atoms with Crippen LogP contribution in [0.1, 0.15) is 34.1 Å². The van der Waals surface area contributed by atoms with E-state index >= 15 is 0 Å². The van der Waals surface area contributed by atoms with Crippen molar-refractivity contribution < 1.29 is 14.3 Å². The van der Waals surface area contributed by atoms with Crippen molar-refractivity contribution >= 4 is 16.9 Å². The number of nitrogens with zero attached hydrogens (tertiary/aromatic N) is 4. The highest BCUT2D eigenvalue weighted by Gasteiger charge is 2.36. The Kier molecular flexibility index (Phi) is 5.02. The van der Waals surface area contributed by atoms with Crippen molar-refractivity contribution in [2.24, 2.45) is 0 Å². The minimum Gasteiger partial charge on any atom is -0.505 e. The van der Waals surface area contributed by atoms with E-state index in [1.54, 1.807) is 12.1 Å². The van der Waals surface area contributed by atoms with Crippen molar-refractivity contribution in [2.75, 3.05) is 19.6 Å². The van der Waals surface area contributed by atoms with Gasteiger partial charge in [-0.05, 0) is 43.2 Å². The first kappa shape index (κ1) is 21.3. The Hall–Kier alpha value is -4.20. The Labute approximate surface area is 201 Å². The molecule has 8 heteroatoms. The van der Waals surface area contributed by atoms with Crippen LogP contribution in [0.4, 0.5) is 4.39 Å². The number of benzene rings is 2. The average molecular weight is 470 g/mol. The lowest BCUT2D eigenvalue weighted by atomic mass is 9.98. The van der Waals surface area contributed by atoms with E-state index in [1.165, 1.54) is 17.8 Å². The van der Waals surface area contributed by atoms with Crippen LogP contribution in [0.25, 0.3) is 22.3 Å². The normalized spacial score (nSPS) is 17.5. The first-order valence-electron chi connectivity index (χ1n) is 11.6. The molecule has 2 aromatic heterocycles. The van der Waals surface area contributed by atoms with Gasteiger partial charge in [-0.15, -0.1) is 0 Å². The van der Waals surface area contributed by atoms with Crippen LogP contribution in [-0.2, 0) is 0 Å². The summed E-state index contributed by atoms with van der Waals surface area (Å²) in [5.74, 6) is -1.30. The molecule has 2 aromatic carbocycles. The average Bonchev–Trinajstić information content (AvgIpc) is 3.50. The number of phenolic OH excluding ortho intramolecular Hbond substituents is 1. The van der Waals surface area contributed by atoms with E-state index in [-0.39, 0.29) is 11.9 Å². The molecule has 1 fully saturated rings. The summed E-state index contributed by atoms with van der Waals surface area (Å²) in [6.07, 6.45) is 3.19. The van der Waals surface area contributed by atoms with Gasteiger partial charge in [0.15, 0.2) is 17.2 Å². The maximum Gasteiger partial charge on any atom is 0.255 e. The number of amides is 1. The van der Waals surface area contributed by atoms with Crippen molar-refractivity contribution in [3.8, 4) is 17.0 Å². The number of halogens is 1. The van der Waals surface area contributed by atoms with Crippen LogP contribution in [-0.4, -0.2) is 55.6 Å². The van der Waals surface area contributed by atoms with Gasteiger partial charge < -0.3 is 14.9 Å². The Bertz CT molecular complexity index is 1480. The topological polar surface area (TPSA) is 85.3 Å². The van der Waals surface area contributed by atoms with Crippen LogP contribution in [0.3, 0.4) is 0 Å². The van der Waals surface area contributed by atoms with Gasteiger partial charge in [0.25, 0.3) is 5.91 Å². The quantitative estimate of drug-likeness (QED) is 0.459. The smallest absolute Gasteiger partial charge is 0.255 e. The van der Waals surface area contributed by atoms with Crippen LogP contribution in [0.5, 0.6) is 5.75 Å². The van der Waals surface area contributed by atoms with Gasteiger partial charge in [0, 0.05) is 30.0 Å². The Morgan fingerprint density at radius 2 is 2.00 bits per heavy atom. The molecule has 35 heavy (non-hydrogen) atoms. The first-order chi connectivity index (χ1) is 17.0. The number of hydrogen-bond donors (Lipinski definition) is 2. The molecular weight excluding hydrogens is 445 g/mol. The minimum atomic E-state index is -0.746. The second kappa shape index (κ2) is 8.23. The van der Waals surface area contributed by atoms with Crippen molar-refractivity contribution in [3.05, 3.63) is 89.0 Å². The summed E-state index contributed by atoms with van der Waals surface area (Å²) in [7, 11) is 0. The second-order valence-corrected chi connectivity index (χ2v) is 9.06. The molecule has 2 aliphatic rings. The monoisotopic (exact) mass is 469 g/mol. The number of phenols is 1.